The molecule has 0 atom stereocenters. The van der Waals surface area contributed by atoms with Gasteiger partial charge in [0.2, 0.25) is 5.91 Å². The van der Waals surface area contributed by atoms with Crippen LogP contribution in [-0.4, -0.2) is 40.8 Å². The van der Waals surface area contributed by atoms with Crippen LogP contribution in [0.3, 0.4) is 0 Å². The van der Waals surface area contributed by atoms with Crippen LogP contribution in [0.5, 0.6) is 0 Å². The van der Waals surface area contributed by atoms with Gasteiger partial charge in [0.1, 0.15) is 5.82 Å². The summed E-state index contributed by atoms with van der Waals surface area (Å²) in [6.07, 6.45) is 0.318. The third kappa shape index (κ3) is 3.52. The first kappa shape index (κ1) is 11.9. The Morgan fingerprint density at radius 1 is 1.38 bits per heavy atom. The van der Waals surface area contributed by atoms with E-state index in [0.717, 1.165) is 0 Å². The molecule has 1 aromatic rings. The van der Waals surface area contributed by atoms with Gasteiger partial charge in [-0.3, -0.25) is 4.79 Å². The summed E-state index contributed by atoms with van der Waals surface area (Å²) in [6.45, 7) is 0.417. The zero-order chi connectivity index (χ0) is 12.0. The predicted octanol–water partition coefficient (Wildman–Crippen LogP) is -0.277. The lowest BCUT2D eigenvalue weighted by molar-refractivity contribution is -0.120. The minimum Gasteiger partial charge on any atom is -0.476 e. The number of carbonyl (C=O) groups excluding carboxylic acids is 1. The van der Waals surface area contributed by atoms with Gasteiger partial charge in [-0.05, 0) is 12.1 Å². The van der Waals surface area contributed by atoms with Gasteiger partial charge in [0, 0.05) is 20.0 Å². The van der Waals surface area contributed by atoms with E-state index >= 15 is 0 Å². The number of aromatic nitrogens is 2. The maximum absolute atomic E-state index is 10.9. The van der Waals surface area contributed by atoms with Crippen molar-refractivity contribution in [3.05, 3.63) is 17.8 Å². The third-order valence-corrected chi connectivity index (χ3v) is 1.82. The maximum Gasteiger partial charge on any atom is 0.356 e. The molecule has 7 heteroatoms. The Bertz CT molecular complexity index is 377. The Labute approximate surface area is 91.9 Å². The van der Waals surface area contributed by atoms with Crippen molar-refractivity contribution in [1.29, 1.82) is 0 Å². The molecular formula is C9H12N4O3. The first-order valence-corrected chi connectivity index (χ1v) is 4.65. The monoisotopic (exact) mass is 224 g/mol. The fourth-order valence-corrected chi connectivity index (χ4v) is 0.970. The third-order valence-electron chi connectivity index (χ3n) is 1.82. The molecule has 0 aromatic carbocycles. The van der Waals surface area contributed by atoms with Gasteiger partial charge in [0.05, 0.1) is 0 Å². The predicted molar refractivity (Wildman–Crippen MR) is 56.2 cm³/mol. The van der Waals surface area contributed by atoms with Crippen molar-refractivity contribution in [2.45, 2.75) is 6.42 Å². The van der Waals surface area contributed by atoms with Crippen molar-refractivity contribution >= 4 is 17.7 Å². The molecule has 0 bridgehead atoms. The number of hydrogen-bond donors (Lipinski definition) is 3. The van der Waals surface area contributed by atoms with E-state index in [-0.39, 0.29) is 11.6 Å². The lowest BCUT2D eigenvalue weighted by Crippen LogP contribution is -2.21. The van der Waals surface area contributed by atoms with Crippen LogP contribution in [0.1, 0.15) is 16.9 Å². The standard InChI is InChI=1S/C9H12N4O3/c1-10-8(14)4-5-11-7-3-2-6(9(15)16)12-13-7/h2-3H,4-5H2,1H3,(H,10,14)(H,11,13)(H,15,16). The second kappa shape index (κ2) is 5.64. The largest absolute Gasteiger partial charge is 0.476 e. The zero-order valence-corrected chi connectivity index (χ0v) is 8.73. The van der Waals surface area contributed by atoms with Gasteiger partial charge >= 0.3 is 5.97 Å². The Morgan fingerprint density at radius 3 is 2.62 bits per heavy atom. The number of aromatic carboxylic acids is 1. The normalized spacial score (nSPS) is 9.56. The van der Waals surface area contributed by atoms with Gasteiger partial charge in [-0.2, -0.15) is 0 Å². The number of carbonyl (C=O) groups is 2. The van der Waals surface area contributed by atoms with Crippen molar-refractivity contribution in [3.8, 4) is 0 Å². The number of amides is 1. The number of carboxylic acid groups (broad SMARTS) is 1. The molecule has 0 saturated carbocycles. The molecule has 1 rings (SSSR count). The lowest BCUT2D eigenvalue weighted by Gasteiger charge is -2.03. The molecule has 1 heterocycles. The van der Waals surface area contributed by atoms with E-state index in [1.807, 2.05) is 0 Å². The average Bonchev–Trinajstić information content (AvgIpc) is 2.29. The van der Waals surface area contributed by atoms with Crippen LogP contribution >= 0.6 is 0 Å². The van der Waals surface area contributed by atoms with Crippen molar-refractivity contribution in [2.75, 3.05) is 18.9 Å². The van der Waals surface area contributed by atoms with Crippen LogP contribution < -0.4 is 10.6 Å². The summed E-state index contributed by atoms with van der Waals surface area (Å²) in [5, 5.41) is 21.0. The topological polar surface area (TPSA) is 104 Å². The van der Waals surface area contributed by atoms with Crippen molar-refractivity contribution in [2.24, 2.45) is 0 Å². The van der Waals surface area contributed by atoms with E-state index < -0.39 is 5.97 Å². The van der Waals surface area contributed by atoms with E-state index in [4.69, 9.17) is 5.11 Å². The summed E-state index contributed by atoms with van der Waals surface area (Å²) in [4.78, 5) is 21.4. The van der Waals surface area contributed by atoms with E-state index in [9.17, 15) is 9.59 Å². The Kier molecular flexibility index (Phi) is 4.19. The molecule has 0 aliphatic rings. The van der Waals surface area contributed by atoms with Crippen LogP contribution in [0.15, 0.2) is 12.1 Å². The van der Waals surface area contributed by atoms with Gasteiger partial charge in [0.25, 0.3) is 0 Å². The van der Waals surface area contributed by atoms with Crippen LogP contribution in [0.25, 0.3) is 0 Å². The molecule has 3 N–H and O–H groups in total. The lowest BCUT2D eigenvalue weighted by atomic mass is 10.3. The fourth-order valence-electron chi connectivity index (χ4n) is 0.970. The van der Waals surface area contributed by atoms with Gasteiger partial charge in [-0.25, -0.2) is 4.79 Å². The number of rotatable bonds is 5. The molecule has 1 aromatic heterocycles. The molecule has 0 spiro atoms. The summed E-state index contributed by atoms with van der Waals surface area (Å²) >= 11 is 0. The summed E-state index contributed by atoms with van der Waals surface area (Å²) in [5.74, 6) is -0.763. The molecule has 1 amide bonds. The summed E-state index contributed by atoms with van der Waals surface area (Å²) in [7, 11) is 1.56. The quantitative estimate of drug-likeness (QED) is 0.635. The van der Waals surface area contributed by atoms with E-state index in [1.54, 1.807) is 7.05 Å². The minimum atomic E-state index is -1.12. The Balaban J connectivity index is 2.43. The van der Waals surface area contributed by atoms with Crippen molar-refractivity contribution in [1.82, 2.24) is 15.5 Å². The highest BCUT2D eigenvalue weighted by Crippen LogP contribution is 2.01. The van der Waals surface area contributed by atoms with Crippen molar-refractivity contribution < 1.29 is 14.7 Å². The maximum atomic E-state index is 10.9. The second-order valence-corrected chi connectivity index (χ2v) is 2.96. The van der Waals surface area contributed by atoms with Gasteiger partial charge < -0.3 is 15.7 Å². The minimum absolute atomic E-state index is 0.0809. The molecule has 0 aliphatic carbocycles. The van der Waals surface area contributed by atoms with E-state index in [0.29, 0.717) is 18.8 Å². The molecule has 0 radical (unpaired) electrons. The molecule has 0 saturated heterocycles. The highest BCUT2D eigenvalue weighted by atomic mass is 16.4. The number of nitrogens with zero attached hydrogens (tertiary/aromatic N) is 2. The van der Waals surface area contributed by atoms with Crippen LogP contribution in [0.4, 0.5) is 5.82 Å². The highest BCUT2D eigenvalue weighted by molar-refractivity contribution is 5.85. The van der Waals surface area contributed by atoms with Gasteiger partial charge in [-0.1, -0.05) is 0 Å². The smallest absolute Gasteiger partial charge is 0.356 e. The van der Waals surface area contributed by atoms with Gasteiger partial charge in [0.15, 0.2) is 5.69 Å². The average molecular weight is 224 g/mol. The second-order valence-electron chi connectivity index (χ2n) is 2.96. The zero-order valence-electron chi connectivity index (χ0n) is 8.73. The number of carboxylic acids is 1. The number of anilines is 1. The Morgan fingerprint density at radius 2 is 2.12 bits per heavy atom. The SMILES string of the molecule is CNC(=O)CCNc1ccc(C(=O)O)nn1. The van der Waals surface area contributed by atoms with Crippen LogP contribution in [-0.2, 0) is 4.79 Å². The van der Waals surface area contributed by atoms with E-state index in [1.165, 1.54) is 12.1 Å². The molecular weight excluding hydrogens is 212 g/mol. The van der Waals surface area contributed by atoms with Crippen LogP contribution in [0.2, 0.25) is 0 Å². The number of hydrogen-bond acceptors (Lipinski definition) is 5. The highest BCUT2D eigenvalue weighted by Gasteiger charge is 2.04. The molecule has 7 nitrogen and oxygen atoms in total. The molecule has 0 unspecified atom stereocenters. The van der Waals surface area contributed by atoms with Crippen LogP contribution in [0, 0.1) is 0 Å². The Hall–Kier alpha value is -2.18. The van der Waals surface area contributed by atoms with E-state index in [2.05, 4.69) is 20.8 Å². The molecule has 0 aliphatic heterocycles. The molecule has 16 heavy (non-hydrogen) atoms. The van der Waals surface area contributed by atoms with Crippen molar-refractivity contribution in [3.63, 3.8) is 0 Å². The first-order chi connectivity index (χ1) is 7.63. The molecule has 86 valence electrons. The fraction of sp³-hybridized carbons (Fsp3) is 0.333. The number of nitrogens with one attached hydrogen (secondary N) is 2. The van der Waals surface area contributed by atoms with Gasteiger partial charge in [-0.15, -0.1) is 10.2 Å². The summed E-state index contributed by atoms with van der Waals surface area (Å²) < 4.78 is 0. The summed E-state index contributed by atoms with van der Waals surface area (Å²) in [5.41, 5.74) is -0.114. The molecule has 0 fully saturated rings. The first-order valence-electron chi connectivity index (χ1n) is 4.65. The summed E-state index contributed by atoms with van der Waals surface area (Å²) in [6, 6.07) is 2.85.